The molecule has 2 aromatic heterocycles. The highest BCUT2D eigenvalue weighted by Crippen LogP contribution is 2.19. The maximum absolute atomic E-state index is 13.1. The summed E-state index contributed by atoms with van der Waals surface area (Å²) < 4.78 is 41.5. The lowest BCUT2D eigenvalue weighted by atomic mass is 10.3. The Morgan fingerprint density at radius 1 is 1.20 bits per heavy atom. The number of hydrogen-bond acceptors (Lipinski definition) is 5. The van der Waals surface area contributed by atoms with Gasteiger partial charge in [0.2, 0.25) is 10.0 Å². The van der Waals surface area contributed by atoms with E-state index in [1.165, 1.54) is 0 Å². The molecule has 0 amide bonds. The molecule has 130 valence electrons. The summed E-state index contributed by atoms with van der Waals surface area (Å²) in [6.45, 7) is 0.424. The van der Waals surface area contributed by atoms with Crippen molar-refractivity contribution < 1.29 is 12.8 Å². The number of nitrogens with zero attached hydrogens (tertiary/aromatic N) is 4. The number of hydrogen-bond donors (Lipinski definition) is 1. The van der Waals surface area contributed by atoms with E-state index in [2.05, 4.69) is 19.8 Å². The van der Waals surface area contributed by atoms with Crippen LogP contribution in [-0.2, 0) is 16.6 Å². The third-order valence-electron chi connectivity index (χ3n) is 3.30. The minimum Gasteiger partial charge on any atom is -0.271 e. The molecular formula is C15H13ClFN5O2S. The van der Waals surface area contributed by atoms with Crippen molar-refractivity contribution in [2.45, 2.75) is 11.4 Å². The number of sulfonamides is 1. The van der Waals surface area contributed by atoms with Crippen LogP contribution in [0.1, 0.15) is 0 Å². The molecule has 1 aromatic carbocycles. The van der Waals surface area contributed by atoms with E-state index in [0.717, 1.165) is 18.2 Å². The van der Waals surface area contributed by atoms with Gasteiger partial charge in [0.15, 0.2) is 0 Å². The highest BCUT2D eigenvalue weighted by Gasteiger charge is 2.15. The molecule has 7 nitrogen and oxygen atoms in total. The Kier molecular flexibility index (Phi) is 5.07. The van der Waals surface area contributed by atoms with Gasteiger partial charge in [-0.25, -0.2) is 17.5 Å². The van der Waals surface area contributed by atoms with Crippen LogP contribution in [0.4, 0.5) is 4.39 Å². The molecule has 0 aliphatic rings. The second-order valence-corrected chi connectivity index (χ2v) is 7.20. The van der Waals surface area contributed by atoms with Crippen LogP contribution in [0.5, 0.6) is 0 Å². The second-order valence-electron chi connectivity index (χ2n) is 5.03. The standard InChI is InChI=1S/C15H13ClFN5O2S/c16-12-9-11(1-2-13(12)17)25(23,24)20-6-8-22-7-3-14(21-22)15-10-18-4-5-19-15/h1-5,7,9-10,20H,6,8H2. The zero-order chi connectivity index (χ0) is 17.9. The second kappa shape index (κ2) is 7.26. The van der Waals surface area contributed by atoms with Gasteiger partial charge in [0.05, 0.1) is 22.7 Å². The molecule has 3 rings (SSSR count). The van der Waals surface area contributed by atoms with Gasteiger partial charge < -0.3 is 0 Å². The quantitative estimate of drug-likeness (QED) is 0.706. The Hall–Kier alpha value is -2.36. The van der Waals surface area contributed by atoms with Crippen LogP contribution in [0.25, 0.3) is 11.4 Å². The van der Waals surface area contributed by atoms with Crippen molar-refractivity contribution in [3.8, 4) is 11.4 Å². The molecule has 0 atom stereocenters. The third-order valence-corrected chi connectivity index (χ3v) is 5.05. The maximum atomic E-state index is 13.1. The van der Waals surface area contributed by atoms with E-state index >= 15 is 0 Å². The Bertz CT molecular complexity index is 979. The summed E-state index contributed by atoms with van der Waals surface area (Å²) >= 11 is 5.62. The topological polar surface area (TPSA) is 89.8 Å². The summed E-state index contributed by atoms with van der Waals surface area (Å²) in [6.07, 6.45) is 6.44. The van der Waals surface area contributed by atoms with Crippen molar-refractivity contribution in [2.24, 2.45) is 0 Å². The van der Waals surface area contributed by atoms with E-state index in [1.54, 1.807) is 35.5 Å². The molecule has 0 bridgehead atoms. The lowest BCUT2D eigenvalue weighted by molar-refractivity contribution is 0.561. The zero-order valence-electron chi connectivity index (χ0n) is 12.8. The van der Waals surface area contributed by atoms with E-state index in [-0.39, 0.29) is 16.5 Å². The van der Waals surface area contributed by atoms with Gasteiger partial charge in [0.25, 0.3) is 0 Å². The van der Waals surface area contributed by atoms with Crippen LogP contribution < -0.4 is 4.72 Å². The van der Waals surface area contributed by atoms with Gasteiger partial charge in [-0.3, -0.25) is 14.6 Å². The predicted molar refractivity (Wildman–Crippen MR) is 89.9 cm³/mol. The predicted octanol–water partition coefficient (Wildman–Crippen LogP) is 2.11. The van der Waals surface area contributed by atoms with Gasteiger partial charge in [0, 0.05) is 25.1 Å². The van der Waals surface area contributed by atoms with Crippen molar-refractivity contribution >= 4 is 21.6 Å². The van der Waals surface area contributed by atoms with Gasteiger partial charge in [-0.1, -0.05) is 11.6 Å². The molecule has 10 heteroatoms. The van der Waals surface area contributed by atoms with Gasteiger partial charge in [-0.05, 0) is 24.3 Å². The van der Waals surface area contributed by atoms with Crippen LogP contribution >= 0.6 is 11.6 Å². The Labute approximate surface area is 148 Å². The minimum absolute atomic E-state index is 0.0976. The molecule has 0 spiro atoms. The van der Waals surface area contributed by atoms with Crippen LogP contribution in [0, 0.1) is 5.82 Å². The minimum atomic E-state index is -3.78. The Morgan fingerprint density at radius 2 is 2.04 bits per heavy atom. The highest BCUT2D eigenvalue weighted by atomic mass is 35.5. The van der Waals surface area contributed by atoms with Crippen molar-refractivity contribution in [2.75, 3.05) is 6.54 Å². The number of aromatic nitrogens is 4. The van der Waals surface area contributed by atoms with Crippen molar-refractivity contribution in [3.05, 3.63) is 59.9 Å². The molecule has 0 saturated carbocycles. The smallest absolute Gasteiger partial charge is 0.240 e. The fraction of sp³-hybridized carbons (Fsp3) is 0.133. The van der Waals surface area contributed by atoms with E-state index < -0.39 is 15.8 Å². The summed E-state index contributed by atoms with van der Waals surface area (Å²) in [5, 5.41) is 4.06. The van der Waals surface area contributed by atoms with E-state index in [0.29, 0.717) is 17.9 Å². The molecule has 2 heterocycles. The van der Waals surface area contributed by atoms with Crippen molar-refractivity contribution in [3.63, 3.8) is 0 Å². The summed E-state index contributed by atoms with van der Waals surface area (Å²) in [6, 6.07) is 5.00. The fourth-order valence-electron chi connectivity index (χ4n) is 2.08. The zero-order valence-corrected chi connectivity index (χ0v) is 14.4. The first-order chi connectivity index (χ1) is 12.0. The summed E-state index contributed by atoms with van der Waals surface area (Å²) in [4.78, 5) is 8.02. The molecule has 0 radical (unpaired) electrons. The number of benzene rings is 1. The number of rotatable bonds is 6. The first-order valence-electron chi connectivity index (χ1n) is 7.20. The van der Waals surface area contributed by atoms with Crippen molar-refractivity contribution in [1.29, 1.82) is 0 Å². The molecule has 3 aromatic rings. The first-order valence-corrected chi connectivity index (χ1v) is 9.06. The van der Waals surface area contributed by atoms with Gasteiger partial charge in [0.1, 0.15) is 17.2 Å². The maximum Gasteiger partial charge on any atom is 0.240 e. The fourth-order valence-corrected chi connectivity index (χ4v) is 3.37. The highest BCUT2D eigenvalue weighted by molar-refractivity contribution is 7.89. The molecular weight excluding hydrogens is 369 g/mol. The molecule has 1 N–H and O–H groups in total. The summed E-state index contributed by atoms with van der Waals surface area (Å²) in [5.41, 5.74) is 1.27. The van der Waals surface area contributed by atoms with Crippen molar-refractivity contribution in [1.82, 2.24) is 24.5 Å². The van der Waals surface area contributed by atoms with Crippen LogP contribution in [0.2, 0.25) is 5.02 Å². The first kappa shape index (κ1) is 17.5. The van der Waals surface area contributed by atoms with Crippen LogP contribution in [0.3, 0.4) is 0 Å². The summed E-state index contributed by atoms with van der Waals surface area (Å²) in [5.74, 6) is -0.673. The van der Waals surface area contributed by atoms with Gasteiger partial charge >= 0.3 is 0 Å². The number of nitrogens with one attached hydrogen (secondary N) is 1. The largest absolute Gasteiger partial charge is 0.271 e. The molecule has 0 fully saturated rings. The third kappa shape index (κ3) is 4.19. The molecule has 0 saturated heterocycles. The van der Waals surface area contributed by atoms with E-state index in [1.807, 2.05) is 0 Å². The Balaban J connectivity index is 1.63. The van der Waals surface area contributed by atoms with Crippen LogP contribution in [0.15, 0.2) is 53.9 Å². The average Bonchev–Trinajstić information content (AvgIpc) is 3.07. The van der Waals surface area contributed by atoms with Gasteiger partial charge in [-0.15, -0.1) is 0 Å². The normalized spacial score (nSPS) is 11.6. The average molecular weight is 382 g/mol. The molecule has 0 aliphatic heterocycles. The monoisotopic (exact) mass is 381 g/mol. The summed E-state index contributed by atoms with van der Waals surface area (Å²) in [7, 11) is -3.78. The van der Waals surface area contributed by atoms with E-state index in [4.69, 9.17) is 11.6 Å². The van der Waals surface area contributed by atoms with Gasteiger partial charge in [-0.2, -0.15) is 5.10 Å². The lowest BCUT2D eigenvalue weighted by Crippen LogP contribution is -2.27. The molecule has 0 aliphatic carbocycles. The molecule has 25 heavy (non-hydrogen) atoms. The number of halogens is 2. The molecule has 0 unspecified atom stereocenters. The van der Waals surface area contributed by atoms with Crippen LogP contribution in [-0.4, -0.2) is 34.7 Å². The SMILES string of the molecule is O=S(=O)(NCCn1ccc(-c2cnccn2)n1)c1ccc(F)c(Cl)c1. The lowest BCUT2D eigenvalue weighted by Gasteiger charge is -2.07. The Morgan fingerprint density at radius 3 is 2.76 bits per heavy atom. The van der Waals surface area contributed by atoms with E-state index in [9.17, 15) is 12.8 Å².